The normalized spacial score (nSPS) is 17.4. The summed E-state index contributed by atoms with van der Waals surface area (Å²) in [6, 6.07) is 2.40. The largest absolute Gasteiger partial charge is 0.481 e. The number of nitrogens with zero attached hydrogens (tertiary/aromatic N) is 1. The average molecular weight is 506 g/mol. The maximum atomic E-state index is 15.8. The van der Waals surface area contributed by atoms with Gasteiger partial charge in [0.1, 0.15) is 17.4 Å². The molecule has 4 N–H and O–H groups in total. The molecule has 2 aromatic rings. The first-order valence-corrected chi connectivity index (χ1v) is 10.6. The van der Waals surface area contributed by atoms with Crippen LogP contribution in [0.15, 0.2) is 24.3 Å². The molecule has 2 atom stereocenters. The molecule has 2 aromatic carbocycles. The second kappa shape index (κ2) is 9.65. The van der Waals surface area contributed by atoms with Crippen molar-refractivity contribution in [1.82, 2.24) is 4.90 Å². The van der Waals surface area contributed by atoms with Crippen molar-refractivity contribution in [2.75, 3.05) is 6.54 Å². The van der Waals surface area contributed by atoms with E-state index in [2.05, 4.69) is 0 Å². The highest BCUT2D eigenvalue weighted by atomic mass is 35.5. The zero-order chi connectivity index (χ0) is 25.4. The fourth-order valence-electron chi connectivity index (χ4n) is 3.98. The van der Waals surface area contributed by atoms with Crippen LogP contribution >= 0.6 is 11.6 Å². The van der Waals surface area contributed by atoms with E-state index in [9.17, 15) is 27.2 Å². The Labute approximate surface area is 196 Å². The molecule has 0 bridgehead atoms. The minimum Gasteiger partial charge on any atom is -0.481 e. The second-order valence-corrected chi connectivity index (χ2v) is 8.24. The third-order valence-electron chi connectivity index (χ3n) is 5.62. The Morgan fingerprint density at radius 2 is 1.85 bits per heavy atom. The molecule has 34 heavy (non-hydrogen) atoms. The number of piperidine rings is 1. The minimum atomic E-state index is -4.85. The Balaban J connectivity index is 2.37. The van der Waals surface area contributed by atoms with Gasteiger partial charge in [0, 0.05) is 23.2 Å². The van der Waals surface area contributed by atoms with Crippen LogP contribution in [-0.2, 0) is 0 Å². The van der Waals surface area contributed by atoms with Crippen LogP contribution in [0.1, 0.15) is 48.1 Å². The van der Waals surface area contributed by atoms with Gasteiger partial charge in [-0.3, -0.25) is 4.79 Å². The highest BCUT2D eigenvalue weighted by Gasteiger charge is 2.40. The van der Waals surface area contributed by atoms with Gasteiger partial charge in [0.15, 0.2) is 6.10 Å². The molecule has 6 nitrogen and oxygen atoms in total. The van der Waals surface area contributed by atoms with Crippen molar-refractivity contribution >= 4 is 23.5 Å². The molecule has 12 heteroatoms. The fraction of sp³-hybridized carbons (Fsp3) is 0.364. The predicted octanol–water partition coefficient (Wildman–Crippen LogP) is 5.32. The lowest BCUT2D eigenvalue weighted by atomic mass is 9.89. The van der Waals surface area contributed by atoms with E-state index in [1.54, 1.807) is 0 Å². The summed E-state index contributed by atoms with van der Waals surface area (Å²) in [5.74, 6) is -4.33. The molecule has 184 valence electrons. The molecule has 1 saturated heterocycles. The van der Waals surface area contributed by atoms with Crippen molar-refractivity contribution < 1.29 is 36.3 Å². The monoisotopic (exact) mass is 505 g/mol. The van der Waals surface area contributed by atoms with Crippen LogP contribution < -0.4 is 16.2 Å². The minimum absolute atomic E-state index is 0.168. The van der Waals surface area contributed by atoms with Gasteiger partial charge < -0.3 is 21.1 Å². The number of rotatable bonds is 5. The highest BCUT2D eigenvalue weighted by Crippen LogP contribution is 2.45. The van der Waals surface area contributed by atoms with Gasteiger partial charge in [-0.15, -0.1) is 0 Å². The predicted molar refractivity (Wildman–Crippen MR) is 114 cm³/mol. The lowest BCUT2D eigenvalue weighted by Gasteiger charge is -2.35. The third-order valence-corrected chi connectivity index (χ3v) is 5.94. The van der Waals surface area contributed by atoms with E-state index in [0.29, 0.717) is 19.8 Å². The van der Waals surface area contributed by atoms with Crippen molar-refractivity contribution in [3.63, 3.8) is 0 Å². The summed E-state index contributed by atoms with van der Waals surface area (Å²) in [5.41, 5.74) is 8.36. The molecule has 1 fully saturated rings. The smallest absolute Gasteiger partial charge is 0.425 e. The van der Waals surface area contributed by atoms with Gasteiger partial charge in [0.25, 0.3) is 5.91 Å². The van der Waals surface area contributed by atoms with Gasteiger partial charge in [-0.25, -0.2) is 13.6 Å². The second-order valence-electron chi connectivity index (χ2n) is 7.83. The summed E-state index contributed by atoms with van der Waals surface area (Å²) in [6.07, 6.45) is -5.93. The molecule has 0 aromatic heterocycles. The molecule has 0 aliphatic carbocycles. The molecule has 3 amide bonds. The first-order valence-electron chi connectivity index (χ1n) is 10.2. The van der Waals surface area contributed by atoms with Crippen LogP contribution in [0.3, 0.4) is 0 Å². The van der Waals surface area contributed by atoms with Crippen LogP contribution in [0.2, 0.25) is 5.02 Å². The molecular weight excluding hydrogens is 485 g/mol. The van der Waals surface area contributed by atoms with E-state index >= 15 is 4.39 Å². The first kappa shape index (κ1) is 25.5. The quantitative estimate of drug-likeness (QED) is 0.538. The van der Waals surface area contributed by atoms with Gasteiger partial charge in [0.2, 0.25) is 0 Å². The number of hydrogen-bond donors (Lipinski definition) is 2. The summed E-state index contributed by atoms with van der Waals surface area (Å²) in [4.78, 5) is 25.4. The Kier molecular flexibility index (Phi) is 7.25. The Morgan fingerprint density at radius 1 is 1.18 bits per heavy atom. The summed E-state index contributed by atoms with van der Waals surface area (Å²) in [6.45, 7) is 0.859. The van der Waals surface area contributed by atoms with Gasteiger partial charge in [-0.05, 0) is 44.4 Å². The number of benzene rings is 2. The van der Waals surface area contributed by atoms with Crippen molar-refractivity contribution in [3.8, 4) is 16.9 Å². The summed E-state index contributed by atoms with van der Waals surface area (Å²) in [7, 11) is 0. The Bertz CT molecular complexity index is 1110. The van der Waals surface area contributed by atoms with E-state index in [1.165, 1.54) is 12.1 Å². The van der Waals surface area contributed by atoms with Gasteiger partial charge in [-0.1, -0.05) is 17.7 Å². The molecule has 0 saturated carbocycles. The number of hydrogen-bond acceptors (Lipinski definition) is 3. The topological polar surface area (TPSA) is 98.7 Å². The molecular formula is C22H21ClF5N3O3. The molecule has 0 spiro atoms. The van der Waals surface area contributed by atoms with Gasteiger partial charge in [0.05, 0.1) is 16.6 Å². The number of amides is 3. The van der Waals surface area contributed by atoms with Crippen molar-refractivity contribution in [1.29, 1.82) is 0 Å². The Hall–Kier alpha value is -3.08. The summed E-state index contributed by atoms with van der Waals surface area (Å²) < 4.78 is 75.6. The van der Waals surface area contributed by atoms with Crippen LogP contribution in [0.25, 0.3) is 11.1 Å². The molecule has 1 heterocycles. The van der Waals surface area contributed by atoms with Gasteiger partial charge in [-0.2, -0.15) is 13.2 Å². The SMILES string of the molecule is CC(Oc1cc(C2CCCCN2C(N)=O)c(F)c(C(N)=O)c1-c1c(F)cccc1Cl)C(F)(F)F. The summed E-state index contributed by atoms with van der Waals surface area (Å²) >= 11 is 6.08. The maximum Gasteiger partial charge on any atom is 0.425 e. The van der Waals surface area contributed by atoms with Crippen molar-refractivity contribution in [3.05, 3.63) is 52.0 Å². The van der Waals surface area contributed by atoms with Crippen LogP contribution in [-0.4, -0.2) is 35.7 Å². The lowest BCUT2D eigenvalue weighted by molar-refractivity contribution is -0.189. The van der Waals surface area contributed by atoms with E-state index in [0.717, 1.165) is 17.0 Å². The van der Waals surface area contributed by atoms with E-state index < -0.39 is 64.3 Å². The highest BCUT2D eigenvalue weighted by molar-refractivity contribution is 6.33. The van der Waals surface area contributed by atoms with E-state index in [4.69, 9.17) is 27.8 Å². The van der Waals surface area contributed by atoms with E-state index in [1.807, 2.05) is 0 Å². The standard InChI is InChI=1S/C22H21ClF5N3O3/c1-10(22(26,27)28)34-15-9-11(14-7-2-3-8-31(14)21(30)33)19(25)18(20(29)32)17(15)16-12(23)5-4-6-13(16)24/h4-6,9-10,14H,2-3,7-8H2,1H3,(H2,29,32)(H2,30,33). The van der Waals surface area contributed by atoms with Gasteiger partial charge >= 0.3 is 12.2 Å². The third kappa shape index (κ3) is 4.89. The van der Waals surface area contributed by atoms with Crippen molar-refractivity contribution in [2.24, 2.45) is 11.5 Å². The number of ether oxygens (including phenoxy) is 1. The van der Waals surface area contributed by atoms with Crippen LogP contribution in [0, 0.1) is 11.6 Å². The number of likely N-dealkylation sites (tertiary alicyclic amines) is 1. The zero-order valence-electron chi connectivity index (χ0n) is 17.9. The number of nitrogens with two attached hydrogens (primary N) is 2. The zero-order valence-corrected chi connectivity index (χ0v) is 18.6. The molecule has 1 aliphatic heterocycles. The average Bonchev–Trinajstić information content (AvgIpc) is 2.74. The maximum absolute atomic E-state index is 15.8. The van der Waals surface area contributed by atoms with E-state index in [-0.39, 0.29) is 23.6 Å². The number of halogens is 6. The Morgan fingerprint density at radius 3 is 2.41 bits per heavy atom. The molecule has 2 unspecified atom stereocenters. The first-order chi connectivity index (χ1) is 15.8. The number of primary amides is 2. The van der Waals surface area contributed by atoms with Crippen LogP contribution in [0.5, 0.6) is 5.75 Å². The molecule has 3 rings (SSSR count). The molecule has 1 aliphatic rings. The number of carbonyl (C=O) groups is 2. The van der Waals surface area contributed by atoms with Crippen LogP contribution in [0.4, 0.5) is 26.7 Å². The number of carbonyl (C=O) groups excluding carboxylic acids is 2. The summed E-state index contributed by atoms with van der Waals surface area (Å²) in [5, 5.41) is -0.310. The fourth-order valence-corrected chi connectivity index (χ4v) is 4.24. The number of alkyl halides is 3. The number of urea groups is 1. The van der Waals surface area contributed by atoms with Crippen molar-refractivity contribution in [2.45, 2.75) is 44.5 Å². The molecule has 0 radical (unpaired) electrons. The lowest BCUT2D eigenvalue weighted by Crippen LogP contribution is -2.42.